The van der Waals surface area contributed by atoms with Crippen molar-refractivity contribution in [3.63, 3.8) is 0 Å². The van der Waals surface area contributed by atoms with Gasteiger partial charge in [-0.15, -0.1) is 6.42 Å². The smallest absolute Gasteiger partial charge is 0.155 e. The highest BCUT2D eigenvalue weighted by Crippen LogP contribution is 2.65. The number of carbonyl (C=O) groups excluding carboxylic acids is 1. The number of ketones is 1. The van der Waals surface area contributed by atoms with Crippen molar-refractivity contribution >= 4 is 5.78 Å². The molecule has 3 nitrogen and oxygen atoms in total. The maximum atomic E-state index is 11.7. The van der Waals surface area contributed by atoms with Gasteiger partial charge in [0.1, 0.15) is 5.60 Å². The van der Waals surface area contributed by atoms with Crippen molar-refractivity contribution in [3.8, 4) is 12.3 Å². The Morgan fingerprint density at radius 1 is 1.13 bits per heavy atom. The van der Waals surface area contributed by atoms with Crippen LogP contribution in [0.3, 0.4) is 0 Å². The second kappa shape index (κ2) is 4.71. The molecule has 4 rings (SSSR count). The topological polar surface area (TPSA) is 57.5 Å². The lowest BCUT2D eigenvalue weighted by Gasteiger charge is -2.59. The molecular weight excluding hydrogens is 288 g/mol. The van der Waals surface area contributed by atoms with Crippen LogP contribution >= 0.6 is 0 Å². The highest BCUT2D eigenvalue weighted by atomic mass is 16.3. The van der Waals surface area contributed by atoms with Crippen molar-refractivity contribution in [3.05, 3.63) is 11.6 Å². The molecule has 2 N–H and O–H groups in total. The molecule has 0 spiro atoms. The van der Waals surface area contributed by atoms with E-state index in [4.69, 9.17) is 6.42 Å². The highest BCUT2D eigenvalue weighted by Gasteiger charge is 2.66. The van der Waals surface area contributed by atoms with Gasteiger partial charge in [0.15, 0.2) is 5.78 Å². The molecule has 4 aliphatic carbocycles. The van der Waals surface area contributed by atoms with Crippen LogP contribution in [-0.4, -0.2) is 27.2 Å². The summed E-state index contributed by atoms with van der Waals surface area (Å²) in [6.07, 6.45) is 13.6. The van der Waals surface area contributed by atoms with Gasteiger partial charge in [0.2, 0.25) is 0 Å². The number of fused-ring (bicyclic) bond motifs is 5. The predicted molar refractivity (Wildman–Crippen MR) is 87.3 cm³/mol. The highest BCUT2D eigenvalue weighted by molar-refractivity contribution is 5.91. The Bertz CT molecular complexity index is 629. The lowest BCUT2D eigenvalue weighted by atomic mass is 9.48. The van der Waals surface area contributed by atoms with Crippen LogP contribution in [0.4, 0.5) is 0 Å². The predicted octanol–water partition coefficient (Wildman–Crippen LogP) is 2.61. The molecule has 3 fully saturated rings. The van der Waals surface area contributed by atoms with E-state index in [1.165, 1.54) is 0 Å². The molecule has 4 aliphatic rings. The van der Waals surface area contributed by atoms with Crippen LogP contribution in [0.15, 0.2) is 11.6 Å². The van der Waals surface area contributed by atoms with Gasteiger partial charge in [-0.3, -0.25) is 4.79 Å². The molecule has 3 heteroatoms. The van der Waals surface area contributed by atoms with Crippen molar-refractivity contribution in [1.29, 1.82) is 0 Å². The summed E-state index contributed by atoms with van der Waals surface area (Å²) < 4.78 is 0. The Balaban J connectivity index is 1.72. The maximum Gasteiger partial charge on any atom is 0.155 e. The molecule has 0 aromatic carbocycles. The lowest BCUT2D eigenvalue weighted by molar-refractivity contribution is -0.175. The molecule has 0 aromatic rings. The molecule has 124 valence electrons. The molecule has 3 saturated carbocycles. The van der Waals surface area contributed by atoms with Crippen LogP contribution in [0.5, 0.6) is 0 Å². The van der Waals surface area contributed by atoms with E-state index in [0.717, 1.165) is 37.7 Å². The number of carbonyl (C=O) groups is 1. The van der Waals surface area contributed by atoms with Gasteiger partial charge in [-0.1, -0.05) is 18.4 Å². The second-order valence-corrected chi connectivity index (χ2v) is 8.48. The SMILES string of the molecule is C#C[C@]1(O)CC[C@H]2[C@@H]3CCC4=CC(=O)CC[C@@H]4[C@@]3(O)CC[C@@]21C. The van der Waals surface area contributed by atoms with Crippen LogP contribution in [0.25, 0.3) is 0 Å². The zero-order valence-electron chi connectivity index (χ0n) is 13.8. The third kappa shape index (κ3) is 1.83. The van der Waals surface area contributed by atoms with Crippen molar-refractivity contribution in [1.82, 2.24) is 0 Å². The lowest BCUT2D eigenvalue weighted by Crippen LogP contribution is -2.60. The van der Waals surface area contributed by atoms with Gasteiger partial charge in [0, 0.05) is 17.8 Å². The summed E-state index contributed by atoms with van der Waals surface area (Å²) >= 11 is 0. The van der Waals surface area contributed by atoms with Gasteiger partial charge < -0.3 is 10.2 Å². The average Bonchev–Trinajstić information content (AvgIpc) is 2.80. The minimum atomic E-state index is -1.03. The van der Waals surface area contributed by atoms with E-state index in [1.807, 2.05) is 0 Å². The van der Waals surface area contributed by atoms with Gasteiger partial charge >= 0.3 is 0 Å². The molecule has 0 amide bonds. The Morgan fingerprint density at radius 3 is 2.65 bits per heavy atom. The summed E-state index contributed by atoms with van der Waals surface area (Å²) in [5, 5.41) is 22.5. The third-order valence-corrected chi connectivity index (χ3v) is 7.81. The monoisotopic (exact) mass is 314 g/mol. The summed E-state index contributed by atoms with van der Waals surface area (Å²) in [7, 11) is 0. The number of hydrogen-bond donors (Lipinski definition) is 2. The van der Waals surface area contributed by atoms with Gasteiger partial charge in [-0.25, -0.2) is 0 Å². The summed E-state index contributed by atoms with van der Waals surface area (Å²) in [6, 6.07) is 0. The molecule has 6 atom stereocenters. The quantitative estimate of drug-likeness (QED) is 0.676. The minimum Gasteiger partial charge on any atom is -0.389 e. The molecule has 0 bridgehead atoms. The molecule has 0 heterocycles. The van der Waals surface area contributed by atoms with Crippen LogP contribution < -0.4 is 0 Å². The van der Waals surface area contributed by atoms with E-state index in [0.29, 0.717) is 19.3 Å². The fourth-order valence-electron chi connectivity index (χ4n) is 6.42. The number of rotatable bonds is 0. The molecule has 0 saturated heterocycles. The van der Waals surface area contributed by atoms with E-state index in [9.17, 15) is 15.0 Å². The number of terminal acetylenes is 1. The van der Waals surface area contributed by atoms with Crippen molar-refractivity contribution in [2.24, 2.45) is 23.2 Å². The zero-order valence-corrected chi connectivity index (χ0v) is 13.8. The molecule has 0 aromatic heterocycles. The van der Waals surface area contributed by atoms with Crippen molar-refractivity contribution in [2.75, 3.05) is 0 Å². The fraction of sp³-hybridized carbons (Fsp3) is 0.750. The van der Waals surface area contributed by atoms with Gasteiger partial charge in [0.25, 0.3) is 0 Å². The fourth-order valence-corrected chi connectivity index (χ4v) is 6.42. The van der Waals surface area contributed by atoms with Gasteiger partial charge in [-0.2, -0.15) is 0 Å². The Kier molecular flexibility index (Phi) is 3.16. The standard InChI is InChI=1S/C20H26O3/c1-3-19(22)9-8-16-17-6-4-13-12-14(21)5-7-15(13)20(17,23)11-10-18(16,19)2/h1,12,15-17,22-23H,4-11H2,2H3/t15-,16-,17-,18-,19-,20-/m0/s1. The van der Waals surface area contributed by atoms with E-state index in [2.05, 4.69) is 12.8 Å². The molecule has 23 heavy (non-hydrogen) atoms. The first-order chi connectivity index (χ1) is 10.8. The molecule has 0 radical (unpaired) electrons. The summed E-state index contributed by atoms with van der Waals surface area (Å²) in [4.78, 5) is 11.7. The number of hydrogen-bond acceptors (Lipinski definition) is 3. The maximum absolute atomic E-state index is 11.7. The zero-order chi connectivity index (χ0) is 16.5. The van der Waals surface area contributed by atoms with E-state index >= 15 is 0 Å². The first-order valence-electron chi connectivity index (χ1n) is 9.00. The molecule has 0 aliphatic heterocycles. The van der Waals surface area contributed by atoms with Crippen molar-refractivity contribution < 1.29 is 15.0 Å². The van der Waals surface area contributed by atoms with E-state index < -0.39 is 11.2 Å². The summed E-state index contributed by atoms with van der Waals surface area (Å²) in [5.41, 5.74) is -0.870. The first kappa shape index (κ1) is 15.4. The van der Waals surface area contributed by atoms with E-state index in [1.54, 1.807) is 6.08 Å². The van der Waals surface area contributed by atoms with Crippen molar-refractivity contribution in [2.45, 2.75) is 69.5 Å². The summed E-state index contributed by atoms with van der Waals surface area (Å²) in [6.45, 7) is 2.12. The number of aliphatic hydroxyl groups is 2. The van der Waals surface area contributed by atoms with Gasteiger partial charge in [0.05, 0.1) is 5.60 Å². The van der Waals surface area contributed by atoms with Crippen LogP contribution in [0.1, 0.15) is 58.3 Å². The Hall–Kier alpha value is -1.11. The average molecular weight is 314 g/mol. The molecule has 0 unspecified atom stereocenters. The van der Waals surface area contributed by atoms with E-state index in [-0.39, 0.29) is 29.0 Å². The minimum absolute atomic E-state index is 0.128. The second-order valence-electron chi connectivity index (χ2n) is 8.48. The van der Waals surface area contributed by atoms with Crippen LogP contribution in [0.2, 0.25) is 0 Å². The largest absolute Gasteiger partial charge is 0.389 e. The summed E-state index contributed by atoms with van der Waals surface area (Å²) in [5.74, 6) is 3.48. The molecular formula is C20H26O3. The van der Waals surface area contributed by atoms with Crippen LogP contribution in [-0.2, 0) is 4.79 Å². The normalized spacial score (nSPS) is 52.0. The Labute approximate surface area is 138 Å². The third-order valence-electron chi connectivity index (χ3n) is 7.81. The Morgan fingerprint density at radius 2 is 1.91 bits per heavy atom. The van der Waals surface area contributed by atoms with Crippen LogP contribution in [0, 0.1) is 35.5 Å². The van der Waals surface area contributed by atoms with Gasteiger partial charge in [-0.05, 0) is 62.9 Å². The first-order valence-corrected chi connectivity index (χ1v) is 9.00.